The van der Waals surface area contributed by atoms with Crippen molar-refractivity contribution in [2.75, 3.05) is 27.2 Å². The predicted molar refractivity (Wildman–Crippen MR) is 130 cm³/mol. The molecule has 0 spiro atoms. The molecular weight excluding hydrogens is 499 g/mol. The third-order valence-corrected chi connectivity index (χ3v) is 5.52. The van der Waals surface area contributed by atoms with Crippen LogP contribution in [0.2, 0.25) is 5.02 Å². The van der Waals surface area contributed by atoms with Gasteiger partial charge in [-0.15, -0.1) is 13.2 Å². The largest absolute Gasteiger partial charge is 0.573 e. The van der Waals surface area contributed by atoms with Crippen molar-refractivity contribution in [2.24, 2.45) is 0 Å². The van der Waals surface area contributed by atoms with Gasteiger partial charge in [0.15, 0.2) is 5.75 Å². The number of hydrogen-bond donors (Lipinski definition) is 1. The van der Waals surface area contributed by atoms with Crippen LogP contribution in [0.15, 0.2) is 48.5 Å². The first-order valence-electron chi connectivity index (χ1n) is 10.9. The second-order valence-electron chi connectivity index (χ2n) is 7.84. The maximum Gasteiger partial charge on any atom is 0.573 e. The summed E-state index contributed by atoms with van der Waals surface area (Å²) in [5.74, 6) is 0.630. The van der Waals surface area contributed by atoms with Gasteiger partial charge in [0.05, 0.1) is 5.69 Å². The van der Waals surface area contributed by atoms with Gasteiger partial charge < -0.3 is 24.4 Å². The molecule has 0 fully saturated rings. The van der Waals surface area contributed by atoms with Crippen molar-refractivity contribution < 1.29 is 32.2 Å². The first-order chi connectivity index (χ1) is 17.0. The number of pyridine rings is 1. The van der Waals surface area contributed by atoms with Crippen molar-refractivity contribution in [2.45, 2.75) is 20.2 Å². The van der Waals surface area contributed by atoms with Crippen molar-refractivity contribution >= 4 is 17.7 Å². The first-order valence-corrected chi connectivity index (χ1v) is 11.2. The lowest BCUT2D eigenvalue weighted by Gasteiger charge is -2.20. The van der Waals surface area contributed by atoms with Crippen LogP contribution in [0.4, 0.5) is 18.0 Å². The number of halogens is 4. The van der Waals surface area contributed by atoms with Crippen molar-refractivity contribution in [3.05, 3.63) is 64.9 Å². The zero-order chi connectivity index (χ0) is 26.5. The van der Waals surface area contributed by atoms with Crippen LogP contribution in [0.3, 0.4) is 0 Å². The molecule has 0 atom stereocenters. The Morgan fingerprint density at radius 2 is 1.56 bits per heavy atom. The zero-order valence-corrected chi connectivity index (χ0v) is 20.8. The molecule has 1 heterocycles. The molecule has 36 heavy (non-hydrogen) atoms. The summed E-state index contributed by atoms with van der Waals surface area (Å²) in [7, 11) is 3.41. The maximum absolute atomic E-state index is 12.6. The Hall–Kier alpha value is -3.50. The maximum atomic E-state index is 12.6. The Bertz CT molecular complexity index is 1200. The lowest BCUT2D eigenvalue weighted by atomic mass is 10.0. The molecule has 0 radical (unpaired) electrons. The molecule has 1 amide bonds. The Morgan fingerprint density at radius 1 is 1.00 bits per heavy atom. The van der Waals surface area contributed by atoms with Gasteiger partial charge in [-0.05, 0) is 62.9 Å². The number of carbonyl (C=O) groups is 1. The number of amides is 1. The van der Waals surface area contributed by atoms with Gasteiger partial charge in [0.25, 0.3) is 0 Å². The zero-order valence-electron chi connectivity index (χ0n) is 20.1. The summed E-state index contributed by atoms with van der Waals surface area (Å²) >= 11 is 6.49. The van der Waals surface area contributed by atoms with E-state index in [2.05, 4.69) is 15.0 Å². The molecule has 3 rings (SSSR count). The molecule has 192 valence electrons. The second kappa shape index (κ2) is 11.5. The highest BCUT2D eigenvalue weighted by molar-refractivity contribution is 6.33. The predicted octanol–water partition coefficient (Wildman–Crippen LogP) is 6.36. The number of nitrogens with one attached hydrogen (secondary N) is 1. The summed E-state index contributed by atoms with van der Waals surface area (Å²) in [6.07, 6.45) is -5.32. The van der Waals surface area contributed by atoms with Gasteiger partial charge in [-0.3, -0.25) is 4.98 Å². The van der Waals surface area contributed by atoms with Crippen LogP contribution in [0.25, 0.3) is 11.1 Å². The summed E-state index contributed by atoms with van der Waals surface area (Å²) in [4.78, 5) is 18.5. The van der Waals surface area contributed by atoms with Crippen molar-refractivity contribution in [1.82, 2.24) is 15.2 Å². The molecule has 0 saturated heterocycles. The molecule has 0 aliphatic carbocycles. The van der Waals surface area contributed by atoms with E-state index in [1.165, 1.54) is 17.0 Å². The van der Waals surface area contributed by atoms with Crippen LogP contribution in [0, 0.1) is 13.8 Å². The standard InChI is InChI=1S/C25H25ClF3N3O4/c1-15-21(23(22(26)16(2)31-15)35-24(33)32(4)14-13-30-3)17-5-7-18(8-6-17)34-19-9-11-20(12-10-19)36-25(27,28)29/h5-12,30H,13-14H2,1-4H3. The second-order valence-corrected chi connectivity index (χ2v) is 8.22. The van der Waals surface area contributed by atoms with Crippen LogP contribution >= 0.6 is 11.6 Å². The van der Waals surface area contributed by atoms with E-state index in [0.717, 1.165) is 12.1 Å². The summed E-state index contributed by atoms with van der Waals surface area (Å²) in [6, 6.07) is 11.9. The highest BCUT2D eigenvalue weighted by Gasteiger charge is 2.31. The van der Waals surface area contributed by atoms with Crippen molar-refractivity contribution in [3.8, 4) is 34.1 Å². The van der Waals surface area contributed by atoms with E-state index in [-0.39, 0.29) is 16.5 Å². The van der Waals surface area contributed by atoms with Gasteiger partial charge in [-0.2, -0.15) is 0 Å². The number of aromatic nitrogens is 1. The number of likely N-dealkylation sites (N-methyl/N-ethyl adjacent to an activating group) is 2. The number of carbonyl (C=O) groups excluding carboxylic acids is 1. The van der Waals surface area contributed by atoms with E-state index in [4.69, 9.17) is 21.1 Å². The van der Waals surface area contributed by atoms with E-state index >= 15 is 0 Å². The molecule has 0 aliphatic rings. The Labute approximate surface area is 211 Å². The van der Waals surface area contributed by atoms with Crippen molar-refractivity contribution in [1.29, 1.82) is 0 Å². The highest BCUT2D eigenvalue weighted by atomic mass is 35.5. The normalized spacial score (nSPS) is 11.2. The van der Waals surface area contributed by atoms with E-state index in [1.54, 1.807) is 52.2 Å². The Morgan fingerprint density at radius 3 is 2.11 bits per heavy atom. The molecule has 2 aromatic carbocycles. The minimum absolute atomic E-state index is 0.205. The molecular formula is C25H25ClF3N3O4. The highest BCUT2D eigenvalue weighted by Crippen LogP contribution is 2.40. The molecule has 7 nitrogen and oxygen atoms in total. The number of benzene rings is 2. The fourth-order valence-electron chi connectivity index (χ4n) is 3.30. The third kappa shape index (κ3) is 7.02. The number of rotatable bonds is 8. The van der Waals surface area contributed by atoms with E-state index in [1.807, 2.05) is 0 Å². The molecule has 11 heteroatoms. The molecule has 0 saturated carbocycles. The Kier molecular flexibility index (Phi) is 8.65. The number of ether oxygens (including phenoxy) is 3. The summed E-state index contributed by atoms with van der Waals surface area (Å²) in [6.45, 7) is 4.56. The molecule has 0 aliphatic heterocycles. The quantitative estimate of drug-likeness (QED) is 0.370. The number of aryl methyl sites for hydroxylation is 2. The summed E-state index contributed by atoms with van der Waals surface area (Å²) in [5.41, 5.74) is 2.38. The van der Waals surface area contributed by atoms with E-state index < -0.39 is 12.5 Å². The van der Waals surface area contributed by atoms with Crippen LogP contribution in [0.1, 0.15) is 11.4 Å². The lowest BCUT2D eigenvalue weighted by Crippen LogP contribution is -2.35. The number of nitrogens with zero attached hydrogens (tertiary/aromatic N) is 2. The molecule has 0 unspecified atom stereocenters. The van der Waals surface area contributed by atoms with Crippen LogP contribution in [0.5, 0.6) is 23.0 Å². The van der Waals surface area contributed by atoms with E-state index in [9.17, 15) is 18.0 Å². The van der Waals surface area contributed by atoms with Gasteiger partial charge in [-0.1, -0.05) is 23.7 Å². The fraction of sp³-hybridized carbons (Fsp3) is 0.280. The van der Waals surface area contributed by atoms with Gasteiger partial charge in [0.1, 0.15) is 22.3 Å². The van der Waals surface area contributed by atoms with Crippen LogP contribution < -0.4 is 19.5 Å². The fourth-order valence-corrected chi connectivity index (χ4v) is 3.48. The average molecular weight is 524 g/mol. The minimum Gasteiger partial charge on any atom is -0.457 e. The van der Waals surface area contributed by atoms with Gasteiger partial charge >= 0.3 is 12.5 Å². The van der Waals surface area contributed by atoms with E-state index in [0.29, 0.717) is 47.1 Å². The lowest BCUT2D eigenvalue weighted by molar-refractivity contribution is -0.274. The van der Waals surface area contributed by atoms with Crippen molar-refractivity contribution in [3.63, 3.8) is 0 Å². The SMILES string of the molecule is CNCCN(C)C(=O)Oc1c(Cl)c(C)nc(C)c1-c1ccc(Oc2ccc(OC(F)(F)F)cc2)cc1. The minimum atomic E-state index is -4.76. The summed E-state index contributed by atoms with van der Waals surface area (Å²) < 4.78 is 52.3. The monoisotopic (exact) mass is 523 g/mol. The molecule has 0 bridgehead atoms. The number of alkyl halides is 3. The first kappa shape index (κ1) is 27.1. The average Bonchev–Trinajstić information content (AvgIpc) is 2.82. The van der Waals surface area contributed by atoms with Crippen LogP contribution in [-0.4, -0.2) is 49.5 Å². The third-order valence-electron chi connectivity index (χ3n) is 5.08. The molecule has 3 aromatic rings. The Balaban J connectivity index is 1.83. The summed E-state index contributed by atoms with van der Waals surface area (Å²) in [5, 5.41) is 3.20. The molecule has 1 N–H and O–H groups in total. The molecule has 1 aromatic heterocycles. The van der Waals surface area contributed by atoms with Gasteiger partial charge in [0, 0.05) is 31.4 Å². The van der Waals surface area contributed by atoms with Crippen LogP contribution in [-0.2, 0) is 0 Å². The van der Waals surface area contributed by atoms with Gasteiger partial charge in [-0.25, -0.2) is 4.79 Å². The number of hydrogen-bond acceptors (Lipinski definition) is 6. The van der Waals surface area contributed by atoms with Gasteiger partial charge in [0.2, 0.25) is 0 Å². The topological polar surface area (TPSA) is 72.9 Å². The smallest absolute Gasteiger partial charge is 0.457 e.